The van der Waals surface area contributed by atoms with Crippen molar-refractivity contribution in [3.05, 3.63) is 0 Å². The summed E-state index contributed by atoms with van der Waals surface area (Å²) in [6.07, 6.45) is 3.19. The molecule has 0 bridgehead atoms. The average Bonchev–Trinajstić information content (AvgIpc) is 2.34. The SMILES string of the molecule is CCC(O)C1CCC[C@H]1O. The molecule has 2 N–H and O–H groups in total. The molecular weight excluding hydrogens is 128 g/mol. The number of hydrogen-bond donors (Lipinski definition) is 2. The summed E-state index contributed by atoms with van der Waals surface area (Å²) < 4.78 is 0. The van der Waals surface area contributed by atoms with Crippen molar-refractivity contribution in [3.63, 3.8) is 0 Å². The van der Waals surface area contributed by atoms with Crippen molar-refractivity contribution < 1.29 is 10.2 Å². The largest absolute Gasteiger partial charge is 0.393 e. The molecule has 0 spiro atoms. The fourth-order valence-corrected chi connectivity index (χ4v) is 1.72. The first-order valence-corrected chi connectivity index (χ1v) is 4.11. The van der Waals surface area contributed by atoms with Crippen LogP contribution >= 0.6 is 0 Å². The highest BCUT2D eigenvalue weighted by Crippen LogP contribution is 2.29. The van der Waals surface area contributed by atoms with E-state index in [0.717, 1.165) is 25.7 Å². The Labute approximate surface area is 61.9 Å². The molecule has 0 heterocycles. The third kappa shape index (κ3) is 1.50. The van der Waals surface area contributed by atoms with Gasteiger partial charge in [-0.2, -0.15) is 0 Å². The van der Waals surface area contributed by atoms with Crippen LogP contribution < -0.4 is 0 Å². The van der Waals surface area contributed by atoms with E-state index in [1.165, 1.54) is 0 Å². The van der Waals surface area contributed by atoms with Gasteiger partial charge in [0.15, 0.2) is 0 Å². The second-order valence-corrected chi connectivity index (χ2v) is 3.14. The standard InChI is InChI=1S/C8H16O2/c1-2-7(9)6-4-3-5-8(6)10/h6-10H,2-5H2,1H3/t6?,7?,8-/m1/s1. The van der Waals surface area contributed by atoms with Crippen LogP contribution in [0.1, 0.15) is 32.6 Å². The lowest BCUT2D eigenvalue weighted by atomic mass is 9.97. The molecule has 3 atom stereocenters. The van der Waals surface area contributed by atoms with Crippen molar-refractivity contribution in [2.24, 2.45) is 5.92 Å². The van der Waals surface area contributed by atoms with Crippen molar-refractivity contribution in [1.29, 1.82) is 0 Å². The van der Waals surface area contributed by atoms with Crippen LogP contribution in [0.3, 0.4) is 0 Å². The van der Waals surface area contributed by atoms with E-state index in [2.05, 4.69) is 0 Å². The molecular formula is C8H16O2. The Morgan fingerprint density at radius 1 is 1.50 bits per heavy atom. The van der Waals surface area contributed by atoms with Crippen molar-refractivity contribution >= 4 is 0 Å². The van der Waals surface area contributed by atoms with Crippen LogP contribution in [0.4, 0.5) is 0 Å². The first-order chi connectivity index (χ1) is 4.75. The maximum Gasteiger partial charge on any atom is 0.0593 e. The molecule has 1 aliphatic rings. The van der Waals surface area contributed by atoms with Gasteiger partial charge in [-0.25, -0.2) is 0 Å². The van der Waals surface area contributed by atoms with E-state index in [0.29, 0.717) is 0 Å². The highest BCUT2D eigenvalue weighted by atomic mass is 16.3. The predicted molar refractivity (Wildman–Crippen MR) is 39.6 cm³/mol. The first kappa shape index (κ1) is 8.02. The highest BCUT2D eigenvalue weighted by Gasteiger charge is 2.29. The van der Waals surface area contributed by atoms with Gasteiger partial charge in [-0.1, -0.05) is 13.3 Å². The number of aliphatic hydroxyl groups is 2. The second kappa shape index (κ2) is 3.35. The Morgan fingerprint density at radius 2 is 2.20 bits per heavy atom. The zero-order valence-electron chi connectivity index (χ0n) is 6.45. The van der Waals surface area contributed by atoms with E-state index in [1.807, 2.05) is 6.92 Å². The molecule has 0 aromatic rings. The molecule has 1 rings (SSSR count). The lowest BCUT2D eigenvalue weighted by Crippen LogP contribution is -2.26. The van der Waals surface area contributed by atoms with Gasteiger partial charge >= 0.3 is 0 Å². The summed E-state index contributed by atoms with van der Waals surface area (Å²) in [5.74, 6) is 0.157. The summed E-state index contributed by atoms with van der Waals surface area (Å²) in [7, 11) is 0. The fraction of sp³-hybridized carbons (Fsp3) is 1.00. The van der Waals surface area contributed by atoms with E-state index in [-0.39, 0.29) is 18.1 Å². The molecule has 0 aromatic carbocycles. The van der Waals surface area contributed by atoms with Gasteiger partial charge in [-0.15, -0.1) is 0 Å². The van der Waals surface area contributed by atoms with Crippen molar-refractivity contribution in [2.75, 3.05) is 0 Å². The molecule has 1 fully saturated rings. The number of hydrogen-bond acceptors (Lipinski definition) is 2. The molecule has 0 aromatic heterocycles. The van der Waals surface area contributed by atoms with Crippen LogP contribution in [0, 0.1) is 5.92 Å². The average molecular weight is 144 g/mol. The number of rotatable bonds is 2. The van der Waals surface area contributed by atoms with Crippen molar-refractivity contribution in [3.8, 4) is 0 Å². The first-order valence-electron chi connectivity index (χ1n) is 4.11. The smallest absolute Gasteiger partial charge is 0.0593 e. The monoisotopic (exact) mass is 144 g/mol. The summed E-state index contributed by atoms with van der Waals surface area (Å²) in [4.78, 5) is 0. The Morgan fingerprint density at radius 3 is 2.60 bits per heavy atom. The molecule has 0 amide bonds. The lowest BCUT2D eigenvalue weighted by Gasteiger charge is -2.19. The molecule has 2 nitrogen and oxygen atoms in total. The molecule has 10 heavy (non-hydrogen) atoms. The molecule has 1 aliphatic carbocycles. The lowest BCUT2D eigenvalue weighted by molar-refractivity contribution is 0.0298. The van der Waals surface area contributed by atoms with Crippen LogP contribution in [-0.4, -0.2) is 22.4 Å². The van der Waals surface area contributed by atoms with E-state index in [1.54, 1.807) is 0 Å². The molecule has 2 unspecified atom stereocenters. The summed E-state index contributed by atoms with van der Waals surface area (Å²) >= 11 is 0. The fourth-order valence-electron chi connectivity index (χ4n) is 1.72. The van der Waals surface area contributed by atoms with E-state index in [9.17, 15) is 10.2 Å². The topological polar surface area (TPSA) is 40.5 Å². The molecule has 0 saturated heterocycles. The summed E-state index contributed by atoms with van der Waals surface area (Å²) in [6, 6.07) is 0. The van der Waals surface area contributed by atoms with E-state index in [4.69, 9.17) is 0 Å². The summed E-state index contributed by atoms with van der Waals surface area (Å²) in [5.41, 5.74) is 0. The van der Waals surface area contributed by atoms with Gasteiger partial charge in [-0.05, 0) is 19.3 Å². The second-order valence-electron chi connectivity index (χ2n) is 3.14. The number of aliphatic hydroxyl groups excluding tert-OH is 2. The van der Waals surface area contributed by atoms with Crippen LogP contribution in [0.5, 0.6) is 0 Å². The van der Waals surface area contributed by atoms with Gasteiger partial charge in [0.1, 0.15) is 0 Å². The van der Waals surface area contributed by atoms with Crippen LogP contribution in [0.15, 0.2) is 0 Å². The quantitative estimate of drug-likeness (QED) is 0.605. The minimum Gasteiger partial charge on any atom is -0.393 e. The van der Waals surface area contributed by atoms with Crippen LogP contribution in [-0.2, 0) is 0 Å². The zero-order chi connectivity index (χ0) is 7.56. The highest BCUT2D eigenvalue weighted by molar-refractivity contribution is 4.81. The minimum atomic E-state index is -0.280. The summed E-state index contributed by atoms with van der Waals surface area (Å²) in [5, 5.41) is 18.7. The van der Waals surface area contributed by atoms with E-state index < -0.39 is 0 Å². The van der Waals surface area contributed by atoms with Gasteiger partial charge < -0.3 is 10.2 Å². The summed E-state index contributed by atoms with van der Waals surface area (Å²) in [6.45, 7) is 1.95. The van der Waals surface area contributed by atoms with E-state index >= 15 is 0 Å². The third-order valence-corrected chi connectivity index (χ3v) is 2.44. The molecule has 2 heteroatoms. The van der Waals surface area contributed by atoms with Gasteiger partial charge in [0.2, 0.25) is 0 Å². The molecule has 1 saturated carbocycles. The van der Waals surface area contributed by atoms with Crippen molar-refractivity contribution in [1.82, 2.24) is 0 Å². The Kier molecular flexibility index (Phi) is 2.69. The van der Waals surface area contributed by atoms with Crippen molar-refractivity contribution in [2.45, 2.75) is 44.8 Å². The van der Waals surface area contributed by atoms with Crippen LogP contribution in [0.2, 0.25) is 0 Å². The zero-order valence-corrected chi connectivity index (χ0v) is 6.45. The molecule has 0 radical (unpaired) electrons. The van der Waals surface area contributed by atoms with Gasteiger partial charge in [0, 0.05) is 5.92 Å². The molecule has 60 valence electrons. The predicted octanol–water partition coefficient (Wildman–Crippen LogP) is 0.918. The third-order valence-electron chi connectivity index (χ3n) is 2.44. The Hall–Kier alpha value is -0.0800. The minimum absolute atomic E-state index is 0.157. The van der Waals surface area contributed by atoms with Gasteiger partial charge in [0.05, 0.1) is 12.2 Å². The molecule has 0 aliphatic heterocycles. The normalized spacial score (nSPS) is 36.3. The van der Waals surface area contributed by atoms with Gasteiger partial charge in [0.25, 0.3) is 0 Å². The van der Waals surface area contributed by atoms with Crippen LogP contribution in [0.25, 0.3) is 0 Å². The van der Waals surface area contributed by atoms with Gasteiger partial charge in [-0.3, -0.25) is 0 Å². The maximum atomic E-state index is 9.37. The maximum absolute atomic E-state index is 9.37. The Bertz CT molecular complexity index is 103. The Balaban J connectivity index is 2.38.